The molecule has 0 bridgehead atoms. The van der Waals surface area contributed by atoms with E-state index in [9.17, 15) is 5.26 Å². The number of hydrogen-bond acceptors (Lipinski definition) is 2. The molecule has 1 aromatic rings. The van der Waals surface area contributed by atoms with Crippen molar-refractivity contribution >= 4 is 0 Å². The summed E-state index contributed by atoms with van der Waals surface area (Å²) in [6.07, 6.45) is 0. The fourth-order valence-electron chi connectivity index (χ4n) is 2.06. The van der Waals surface area contributed by atoms with Crippen molar-refractivity contribution in [3.8, 4) is 6.07 Å². The molecule has 15 heavy (non-hydrogen) atoms. The highest BCUT2D eigenvalue weighted by Crippen LogP contribution is 2.25. The summed E-state index contributed by atoms with van der Waals surface area (Å²) in [5.74, 6) is 0. The first kappa shape index (κ1) is 11.7. The van der Waals surface area contributed by atoms with Gasteiger partial charge < -0.3 is 0 Å². The number of rotatable bonds is 2. The topological polar surface area (TPSA) is 27.0 Å². The quantitative estimate of drug-likeness (QED) is 0.737. The number of nitriles is 1. The molecule has 0 radical (unpaired) electrons. The van der Waals surface area contributed by atoms with Crippen LogP contribution in [0, 0.1) is 32.1 Å². The Morgan fingerprint density at radius 2 is 1.60 bits per heavy atom. The van der Waals surface area contributed by atoms with Crippen LogP contribution in [0.4, 0.5) is 0 Å². The predicted molar refractivity (Wildman–Crippen MR) is 62.7 cm³/mol. The molecule has 80 valence electrons. The molecule has 1 atom stereocenters. The molecule has 0 saturated carbocycles. The summed E-state index contributed by atoms with van der Waals surface area (Å²) in [5.41, 5.74) is 4.80. The molecule has 0 fully saturated rings. The Kier molecular flexibility index (Phi) is 3.49. The fraction of sp³-hybridized carbons (Fsp3) is 0.462. The maximum absolute atomic E-state index is 9.18. The van der Waals surface area contributed by atoms with E-state index in [1.165, 1.54) is 16.7 Å². The molecule has 0 saturated heterocycles. The van der Waals surface area contributed by atoms with Gasteiger partial charge in [0.1, 0.15) is 6.04 Å². The van der Waals surface area contributed by atoms with E-state index in [4.69, 9.17) is 0 Å². The molecule has 0 aromatic heterocycles. The fourth-order valence-corrected chi connectivity index (χ4v) is 2.06. The van der Waals surface area contributed by atoms with E-state index in [1.807, 2.05) is 19.0 Å². The minimum absolute atomic E-state index is 0.148. The van der Waals surface area contributed by atoms with Crippen LogP contribution in [-0.4, -0.2) is 19.0 Å². The van der Waals surface area contributed by atoms with E-state index in [0.29, 0.717) is 0 Å². The van der Waals surface area contributed by atoms with E-state index >= 15 is 0 Å². The summed E-state index contributed by atoms with van der Waals surface area (Å²) >= 11 is 0. The van der Waals surface area contributed by atoms with Crippen molar-refractivity contribution in [2.24, 2.45) is 0 Å². The average Bonchev–Trinajstić information content (AvgIpc) is 2.09. The normalized spacial score (nSPS) is 12.6. The van der Waals surface area contributed by atoms with Gasteiger partial charge in [-0.05, 0) is 51.6 Å². The summed E-state index contributed by atoms with van der Waals surface area (Å²) in [5, 5.41) is 9.18. The molecule has 1 rings (SSSR count). The molecule has 0 aliphatic rings. The Morgan fingerprint density at radius 3 is 1.93 bits per heavy atom. The van der Waals surface area contributed by atoms with Gasteiger partial charge in [0.05, 0.1) is 6.07 Å². The third-order valence-corrected chi connectivity index (χ3v) is 2.65. The Labute approximate surface area is 92.1 Å². The van der Waals surface area contributed by atoms with Crippen molar-refractivity contribution in [1.29, 1.82) is 5.26 Å². The van der Waals surface area contributed by atoms with Crippen LogP contribution >= 0.6 is 0 Å². The van der Waals surface area contributed by atoms with Crippen molar-refractivity contribution in [3.05, 3.63) is 34.4 Å². The van der Waals surface area contributed by atoms with Gasteiger partial charge in [-0.15, -0.1) is 0 Å². The van der Waals surface area contributed by atoms with E-state index in [2.05, 4.69) is 39.0 Å². The van der Waals surface area contributed by atoms with Gasteiger partial charge in [-0.3, -0.25) is 4.90 Å². The van der Waals surface area contributed by atoms with Gasteiger partial charge in [-0.1, -0.05) is 17.7 Å². The maximum Gasteiger partial charge on any atom is 0.123 e. The van der Waals surface area contributed by atoms with Crippen molar-refractivity contribution in [2.45, 2.75) is 26.8 Å². The Morgan fingerprint density at radius 1 is 1.13 bits per heavy atom. The van der Waals surface area contributed by atoms with Gasteiger partial charge in [-0.2, -0.15) is 5.26 Å². The highest BCUT2D eigenvalue weighted by molar-refractivity contribution is 5.41. The molecule has 1 aromatic carbocycles. The van der Waals surface area contributed by atoms with Crippen LogP contribution in [0.5, 0.6) is 0 Å². The lowest BCUT2D eigenvalue weighted by Gasteiger charge is -2.22. The van der Waals surface area contributed by atoms with E-state index in [0.717, 1.165) is 5.56 Å². The largest absolute Gasteiger partial charge is 0.291 e. The predicted octanol–water partition coefficient (Wildman–Crippen LogP) is 2.74. The third-order valence-electron chi connectivity index (χ3n) is 2.65. The standard InChI is InChI=1S/C13H18N2/c1-9-6-10(2)13(11(3)7-9)12(8-14)15(4)5/h6-7,12H,1-5H3. The summed E-state index contributed by atoms with van der Waals surface area (Å²) in [4.78, 5) is 1.95. The van der Waals surface area contributed by atoms with Gasteiger partial charge in [0.25, 0.3) is 0 Å². The molecular weight excluding hydrogens is 184 g/mol. The van der Waals surface area contributed by atoms with Gasteiger partial charge in [-0.25, -0.2) is 0 Å². The lowest BCUT2D eigenvalue weighted by atomic mass is 9.94. The molecule has 0 amide bonds. The first-order valence-electron chi connectivity index (χ1n) is 5.11. The third kappa shape index (κ3) is 2.37. The van der Waals surface area contributed by atoms with Crippen molar-refractivity contribution in [1.82, 2.24) is 4.90 Å². The Bertz CT molecular complexity index is 376. The molecule has 2 nitrogen and oxygen atoms in total. The second kappa shape index (κ2) is 4.46. The number of aryl methyl sites for hydroxylation is 3. The van der Waals surface area contributed by atoms with Crippen molar-refractivity contribution in [2.75, 3.05) is 14.1 Å². The molecule has 1 unspecified atom stereocenters. The van der Waals surface area contributed by atoms with Crippen molar-refractivity contribution in [3.63, 3.8) is 0 Å². The summed E-state index contributed by atoms with van der Waals surface area (Å²) in [6, 6.07) is 6.47. The second-order valence-corrected chi connectivity index (χ2v) is 4.31. The van der Waals surface area contributed by atoms with Crippen LogP contribution in [0.1, 0.15) is 28.3 Å². The minimum Gasteiger partial charge on any atom is -0.291 e. The maximum atomic E-state index is 9.18. The average molecular weight is 202 g/mol. The Hall–Kier alpha value is -1.33. The molecule has 0 N–H and O–H groups in total. The first-order chi connectivity index (χ1) is 6.97. The smallest absolute Gasteiger partial charge is 0.123 e. The molecular formula is C13H18N2. The van der Waals surface area contributed by atoms with Crippen LogP contribution in [0.25, 0.3) is 0 Å². The summed E-state index contributed by atoms with van der Waals surface area (Å²) < 4.78 is 0. The zero-order chi connectivity index (χ0) is 11.6. The highest BCUT2D eigenvalue weighted by atomic mass is 15.1. The summed E-state index contributed by atoms with van der Waals surface area (Å²) in [7, 11) is 3.87. The zero-order valence-corrected chi connectivity index (χ0v) is 10.1. The zero-order valence-electron chi connectivity index (χ0n) is 10.1. The molecule has 0 aliphatic carbocycles. The first-order valence-corrected chi connectivity index (χ1v) is 5.11. The number of nitrogens with zero attached hydrogens (tertiary/aromatic N) is 2. The lowest BCUT2D eigenvalue weighted by Crippen LogP contribution is -2.20. The van der Waals surface area contributed by atoms with Gasteiger partial charge in [0.15, 0.2) is 0 Å². The van der Waals surface area contributed by atoms with E-state index in [-0.39, 0.29) is 6.04 Å². The van der Waals surface area contributed by atoms with Crippen LogP contribution in [0.15, 0.2) is 12.1 Å². The molecule has 2 heteroatoms. The van der Waals surface area contributed by atoms with Gasteiger partial charge in [0, 0.05) is 0 Å². The monoisotopic (exact) mass is 202 g/mol. The SMILES string of the molecule is Cc1cc(C)c(C(C#N)N(C)C)c(C)c1. The van der Waals surface area contributed by atoms with Crippen LogP contribution in [-0.2, 0) is 0 Å². The summed E-state index contributed by atoms with van der Waals surface area (Å²) in [6.45, 7) is 6.23. The van der Waals surface area contributed by atoms with Crippen LogP contribution < -0.4 is 0 Å². The minimum atomic E-state index is -0.148. The highest BCUT2D eigenvalue weighted by Gasteiger charge is 2.17. The molecule has 0 heterocycles. The van der Waals surface area contributed by atoms with E-state index < -0.39 is 0 Å². The number of hydrogen-bond donors (Lipinski definition) is 0. The molecule has 0 aliphatic heterocycles. The van der Waals surface area contributed by atoms with Crippen molar-refractivity contribution < 1.29 is 0 Å². The van der Waals surface area contributed by atoms with Crippen LogP contribution in [0.3, 0.4) is 0 Å². The second-order valence-electron chi connectivity index (χ2n) is 4.31. The van der Waals surface area contributed by atoms with Gasteiger partial charge >= 0.3 is 0 Å². The number of benzene rings is 1. The van der Waals surface area contributed by atoms with E-state index in [1.54, 1.807) is 0 Å². The van der Waals surface area contributed by atoms with Gasteiger partial charge in [0.2, 0.25) is 0 Å². The van der Waals surface area contributed by atoms with Crippen LogP contribution in [0.2, 0.25) is 0 Å². The Balaban J connectivity index is 3.31. The lowest BCUT2D eigenvalue weighted by molar-refractivity contribution is 0.356. The molecule has 0 spiro atoms.